The summed E-state index contributed by atoms with van der Waals surface area (Å²) in [6.45, 7) is 5.23. The molecule has 3 rings (SSSR count). The number of rotatable bonds is 5. The van der Waals surface area contributed by atoms with Crippen molar-refractivity contribution in [2.75, 3.05) is 19.6 Å². The number of hydrogen-bond acceptors (Lipinski definition) is 4. The number of para-hydroxylation sites is 1. The quantitative estimate of drug-likeness (QED) is 0.831. The van der Waals surface area contributed by atoms with Crippen molar-refractivity contribution in [3.8, 4) is 5.75 Å². The normalized spacial score (nSPS) is 15.4. The second kappa shape index (κ2) is 8.75. The molecule has 0 bridgehead atoms. The van der Waals surface area contributed by atoms with E-state index in [1.165, 1.54) is 0 Å². The van der Waals surface area contributed by atoms with Gasteiger partial charge in [-0.3, -0.25) is 0 Å². The second-order valence-corrected chi connectivity index (χ2v) is 8.97. The molecule has 28 heavy (non-hydrogen) atoms. The number of carbonyl (C=O) groups excluding carboxylic acids is 1. The molecule has 7 heteroatoms. The molecule has 6 nitrogen and oxygen atoms in total. The number of benzene rings is 2. The predicted octanol–water partition coefficient (Wildman–Crippen LogP) is 3.49. The van der Waals surface area contributed by atoms with Gasteiger partial charge in [0.05, 0.1) is 4.90 Å². The van der Waals surface area contributed by atoms with Crippen molar-refractivity contribution in [3.05, 3.63) is 59.7 Å². The average molecular weight is 403 g/mol. The Morgan fingerprint density at radius 3 is 2.43 bits per heavy atom. The summed E-state index contributed by atoms with van der Waals surface area (Å²) in [5.41, 5.74) is 1.78. The second-order valence-electron chi connectivity index (χ2n) is 7.23. The van der Waals surface area contributed by atoms with Gasteiger partial charge in [0.2, 0.25) is 10.0 Å². The lowest BCUT2D eigenvalue weighted by molar-refractivity contribution is 0.131. The molecule has 0 aromatic heterocycles. The number of sulfonamides is 1. The van der Waals surface area contributed by atoms with E-state index in [0.29, 0.717) is 30.3 Å². The van der Waals surface area contributed by atoms with Crippen molar-refractivity contribution in [1.82, 2.24) is 9.62 Å². The van der Waals surface area contributed by atoms with Crippen LogP contribution in [0.25, 0.3) is 0 Å². The Balaban J connectivity index is 1.49. The fraction of sp³-hybridized carbons (Fsp3) is 0.381. The molecule has 0 spiro atoms. The van der Waals surface area contributed by atoms with Crippen molar-refractivity contribution in [2.24, 2.45) is 5.92 Å². The standard InChI is InChI=1S/C21H26N2O4S/c1-16-8-9-20(17(2)14-16)28(25,26)22-15-18-10-12-23(13-11-18)21(24)27-19-6-4-3-5-7-19/h3-9,14,18,22H,10-13,15H2,1-2H3. The van der Waals surface area contributed by atoms with Gasteiger partial charge in [-0.2, -0.15) is 0 Å². The van der Waals surface area contributed by atoms with Crippen LogP contribution in [0.5, 0.6) is 5.75 Å². The average Bonchev–Trinajstić information content (AvgIpc) is 2.67. The van der Waals surface area contributed by atoms with Crippen molar-refractivity contribution >= 4 is 16.1 Å². The smallest absolute Gasteiger partial charge is 0.410 e. The minimum absolute atomic E-state index is 0.196. The van der Waals surface area contributed by atoms with E-state index in [2.05, 4.69) is 4.72 Å². The summed E-state index contributed by atoms with van der Waals surface area (Å²) in [5, 5.41) is 0. The number of nitrogens with one attached hydrogen (secondary N) is 1. The molecule has 0 radical (unpaired) electrons. The molecule has 1 saturated heterocycles. The fourth-order valence-corrected chi connectivity index (χ4v) is 4.72. The van der Waals surface area contributed by atoms with E-state index in [1.807, 2.05) is 31.2 Å². The largest absolute Gasteiger partial charge is 0.415 e. The molecule has 0 saturated carbocycles. The van der Waals surface area contributed by atoms with Gasteiger partial charge in [0.1, 0.15) is 5.75 Å². The van der Waals surface area contributed by atoms with Crippen LogP contribution in [0.15, 0.2) is 53.4 Å². The van der Waals surface area contributed by atoms with Crippen LogP contribution in [-0.4, -0.2) is 39.0 Å². The van der Waals surface area contributed by atoms with E-state index in [-0.39, 0.29) is 12.0 Å². The maximum Gasteiger partial charge on any atom is 0.415 e. The number of ether oxygens (including phenoxy) is 1. The SMILES string of the molecule is Cc1ccc(S(=O)(=O)NCC2CCN(C(=O)Oc3ccccc3)CC2)c(C)c1. The molecule has 0 atom stereocenters. The van der Waals surface area contributed by atoms with Gasteiger partial charge in [-0.05, 0) is 56.4 Å². The molecule has 1 aliphatic heterocycles. The molecule has 150 valence electrons. The summed E-state index contributed by atoms with van der Waals surface area (Å²) in [5.74, 6) is 0.720. The summed E-state index contributed by atoms with van der Waals surface area (Å²) in [6, 6.07) is 14.3. The summed E-state index contributed by atoms with van der Waals surface area (Å²) in [7, 11) is -3.53. The van der Waals surface area contributed by atoms with Crippen LogP contribution in [0.2, 0.25) is 0 Å². The van der Waals surface area contributed by atoms with Crippen LogP contribution in [0, 0.1) is 19.8 Å². The number of nitrogens with zero attached hydrogens (tertiary/aromatic N) is 1. The van der Waals surface area contributed by atoms with Crippen LogP contribution in [-0.2, 0) is 10.0 Å². The highest BCUT2D eigenvalue weighted by atomic mass is 32.2. The Bertz CT molecular complexity index is 921. The van der Waals surface area contributed by atoms with Crippen LogP contribution < -0.4 is 9.46 Å². The topological polar surface area (TPSA) is 75.7 Å². The van der Waals surface area contributed by atoms with Gasteiger partial charge in [0, 0.05) is 19.6 Å². The molecule has 0 aliphatic carbocycles. The molecule has 1 fully saturated rings. The van der Waals surface area contributed by atoms with Crippen LogP contribution >= 0.6 is 0 Å². The van der Waals surface area contributed by atoms with Crippen LogP contribution in [0.1, 0.15) is 24.0 Å². The number of hydrogen-bond donors (Lipinski definition) is 1. The van der Waals surface area contributed by atoms with E-state index in [1.54, 1.807) is 36.1 Å². The third kappa shape index (κ3) is 5.11. The van der Waals surface area contributed by atoms with E-state index >= 15 is 0 Å². The lowest BCUT2D eigenvalue weighted by Crippen LogP contribution is -2.42. The van der Waals surface area contributed by atoms with Crippen molar-refractivity contribution in [1.29, 1.82) is 0 Å². The fourth-order valence-electron chi connectivity index (χ4n) is 3.38. The van der Waals surface area contributed by atoms with Gasteiger partial charge >= 0.3 is 6.09 Å². The predicted molar refractivity (Wildman–Crippen MR) is 108 cm³/mol. The molecule has 1 amide bonds. The zero-order chi connectivity index (χ0) is 20.1. The van der Waals surface area contributed by atoms with Gasteiger partial charge in [-0.1, -0.05) is 35.9 Å². The van der Waals surface area contributed by atoms with Gasteiger partial charge in [0.25, 0.3) is 0 Å². The Hall–Kier alpha value is -2.38. The van der Waals surface area contributed by atoms with Crippen molar-refractivity contribution < 1.29 is 17.9 Å². The monoisotopic (exact) mass is 402 g/mol. The maximum absolute atomic E-state index is 12.6. The Kier molecular flexibility index (Phi) is 6.36. The van der Waals surface area contributed by atoms with Gasteiger partial charge < -0.3 is 9.64 Å². The Labute approximate surface area is 166 Å². The van der Waals surface area contributed by atoms with E-state index in [9.17, 15) is 13.2 Å². The highest BCUT2D eigenvalue weighted by Gasteiger charge is 2.26. The number of carbonyl (C=O) groups is 1. The first-order chi connectivity index (χ1) is 13.3. The van der Waals surface area contributed by atoms with E-state index in [0.717, 1.165) is 24.0 Å². The number of amides is 1. The highest BCUT2D eigenvalue weighted by molar-refractivity contribution is 7.89. The maximum atomic E-state index is 12.6. The number of aryl methyl sites for hydroxylation is 2. The number of piperidine rings is 1. The minimum atomic E-state index is -3.53. The molecular formula is C21H26N2O4S. The first kappa shape index (κ1) is 20.4. The van der Waals surface area contributed by atoms with Crippen LogP contribution in [0.3, 0.4) is 0 Å². The molecule has 2 aromatic carbocycles. The molecule has 1 aliphatic rings. The van der Waals surface area contributed by atoms with Crippen molar-refractivity contribution in [2.45, 2.75) is 31.6 Å². The molecule has 2 aromatic rings. The zero-order valence-corrected chi connectivity index (χ0v) is 17.0. The third-order valence-electron chi connectivity index (χ3n) is 5.00. The van der Waals surface area contributed by atoms with E-state index < -0.39 is 10.0 Å². The summed E-state index contributed by atoms with van der Waals surface area (Å²) < 4.78 is 33.3. The van der Waals surface area contributed by atoms with E-state index in [4.69, 9.17) is 4.74 Å². The van der Waals surface area contributed by atoms with Gasteiger partial charge in [-0.25, -0.2) is 17.9 Å². The lowest BCUT2D eigenvalue weighted by atomic mass is 9.97. The Morgan fingerprint density at radius 1 is 1.11 bits per heavy atom. The summed E-state index contributed by atoms with van der Waals surface area (Å²) >= 11 is 0. The van der Waals surface area contributed by atoms with Crippen molar-refractivity contribution in [3.63, 3.8) is 0 Å². The first-order valence-electron chi connectivity index (χ1n) is 9.44. The molecule has 1 heterocycles. The minimum Gasteiger partial charge on any atom is -0.410 e. The van der Waals surface area contributed by atoms with Gasteiger partial charge in [-0.15, -0.1) is 0 Å². The summed E-state index contributed by atoms with van der Waals surface area (Å²) in [4.78, 5) is 14.2. The summed E-state index contributed by atoms with van der Waals surface area (Å²) in [6.07, 6.45) is 1.11. The Morgan fingerprint density at radius 2 is 1.79 bits per heavy atom. The molecule has 0 unspecified atom stereocenters. The lowest BCUT2D eigenvalue weighted by Gasteiger charge is -2.31. The van der Waals surface area contributed by atoms with Gasteiger partial charge in [0.15, 0.2) is 0 Å². The first-order valence-corrected chi connectivity index (χ1v) is 10.9. The number of likely N-dealkylation sites (tertiary alicyclic amines) is 1. The van der Waals surface area contributed by atoms with Crippen LogP contribution in [0.4, 0.5) is 4.79 Å². The molecule has 1 N–H and O–H groups in total. The zero-order valence-electron chi connectivity index (χ0n) is 16.2. The molecular weight excluding hydrogens is 376 g/mol. The third-order valence-corrected chi connectivity index (χ3v) is 6.59. The highest BCUT2D eigenvalue weighted by Crippen LogP contribution is 2.21.